The van der Waals surface area contributed by atoms with Gasteiger partial charge >= 0.3 is 0 Å². The van der Waals surface area contributed by atoms with Gasteiger partial charge in [-0.3, -0.25) is 0 Å². The lowest BCUT2D eigenvalue weighted by Gasteiger charge is -2.36. The average molecular weight is 275 g/mol. The molecule has 0 radical (unpaired) electrons. The van der Waals surface area contributed by atoms with Crippen molar-refractivity contribution in [3.8, 4) is 0 Å². The van der Waals surface area contributed by atoms with Crippen molar-refractivity contribution in [1.82, 2.24) is 5.32 Å². The molecule has 0 aromatic heterocycles. The fourth-order valence-corrected chi connectivity index (χ4v) is 3.18. The van der Waals surface area contributed by atoms with Gasteiger partial charge in [-0.15, -0.1) is 0 Å². The fraction of sp³-hybridized carbons (Fsp3) is 0.667. The standard InChI is InChI=1S/C18H29NO/c1-2-16-10-12-18(20,13-11-16)15-19-14-6-9-17-7-4-3-5-8-17/h3-5,7-8,16,19-20H,2,6,9-15H2,1H3. The quantitative estimate of drug-likeness (QED) is 0.746. The van der Waals surface area contributed by atoms with Gasteiger partial charge in [0.2, 0.25) is 0 Å². The van der Waals surface area contributed by atoms with Gasteiger partial charge in [-0.05, 0) is 56.6 Å². The predicted octanol–water partition coefficient (Wildman–Crippen LogP) is 3.54. The topological polar surface area (TPSA) is 32.3 Å². The summed E-state index contributed by atoms with van der Waals surface area (Å²) in [5.41, 5.74) is 0.953. The summed E-state index contributed by atoms with van der Waals surface area (Å²) >= 11 is 0. The zero-order chi connectivity index (χ0) is 14.3. The van der Waals surface area contributed by atoms with Crippen molar-refractivity contribution in [2.75, 3.05) is 13.1 Å². The van der Waals surface area contributed by atoms with E-state index in [2.05, 4.69) is 42.6 Å². The van der Waals surface area contributed by atoms with E-state index in [9.17, 15) is 5.11 Å². The van der Waals surface area contributed by atoms with E-state index in [1.54, 1.807) is 0 Å². The Morgan fingerprint density at radius 1 is 1.20 bits per heavy atom. The number of benzene rings is 1. The third-order valence-corrected chi connectivity index (χ3v) is 4.73. The van der Waals surface area contributed by atoms with E-state index in [1.165, 1.54) is 24.8 Å². The molecule has 0 saturated heterocycles. The van der Waals surface area contributed by atoms with Gasteiger partial charge in [0, 0.05) is 6.54 Å². The van der Waals surface area contributed by atoms with E-state index in [4.69, 9.17) is 0 Å². The molecule has 20 heavy (non-hydrogen) atoms. The molecule has 0 bridgehead atoms. The summed E-state index contributed by atoms with van der Waals surface area (Å²) in [4.78, 5) is 0. The van der Waals surface area contributed by atoms with Gasteiger partial charge in [0.25, 0.3) is 0 Å². The maximum atomic E-state index is 10.5. The Kier molecular flexibility index (Phi) is 6.06. The van der Waals surface area contributed by atoms with Gasteiger partial charge in [0.05, 0.1) is 5.60 Å². The van der Waals surface area contributed by atoms with Crippen LogP contribution in [0.3, 0.4) is 0 Å². The second kappa shape index (κ2) is 7.80. The molecule has 0 heterocycles. The van der Waals surface area contributed by atoms with Crippen LogP contribution in [0.25, 0.3) is 0 Å². The first-order valence-corrected chi connectivity index (χ1v) is 8.19. The zero-order valence-corrected chi connectivity index (χ0v) is 12.8. The van der Waals surface area contributed by atoms with Gasteiger partial charge in [-0.1, -0.05) is 43.7 Å². The molecule has 2 rings (SSSR count). The van der Waals surface area contributed by atoms with E-state index in [1.807, 2.05) is 0 Å². The SMILES string of the molecule is CCC1CCC(O)(CNCCCc2ccccc2)CC1. The smallest absolute Gasteiger partial charge is 0.0771 e. The van der Waals surface area contributed by atoms with Gasteiger partial charge in [-0.2, -0.15) is 0 Å². The van der Waals surface area contributed by atoms with Crippen molar-refractivity contribution in [2.45, 2.75) is 57.5 Å². The van der Waals surface area contributed by atoms with Crippen molar-refractivity contribution < 1.29 is 5.11 Å². The summed E-state index contributed by atoms with van der Waals surface area (Å²) in [7, 11) is 0. The van der Waals surface area contributed by atoms with Gasteiger partial charge in [-0.25, -0.2) is 0 Å². The number of hydrogen-bond donors (Lipinski definition) is 2. The molecule has 2 nitrogen and oxygen atoms in total. The van der Waals surface area contributed by atoms with Crippen LogP contribution < -0.4 is 5.32 Å². The van der Waals surface area contributed by atoms with Crippen LogP contribution in [0.2, 0.25) is 0 Å². The van der Waals surface area contributed by atoms with Crippen molar-refractivity contribution >= 4 is 0 Å². The molecule has 0 amide bonds. The zero-order valence-electron chi connectivity index (χ0n) is 12.8. The van der Waals surface area contributed by atoms with Gasteiger partial charge in [0.1, 0.15) is 0 Å². The molecule has 0 unspecified atom stereocenters. The molecule has 0 atom stereocenters. The molecule has 1 aromatic rings. The van der Waals surface area contributed by atoms with Crippen LogP contribution in [-0.2, 0) is 6.42 Å². The van der Waals surface area contributed by atoms with Gasteiger partial charge in [0.15, 0.2) is 0 Å². The maximum Gasteiger partial charge on any atom is 0.0771 e. The Labute approximate surface area is 123 Å². The van der Waals surface area contributed by atoms with Gasteiger partial charge < -0.3 is 10.4 Å². The first-order valence-electron chi connectivity index (χ1n) is 8.19. The monoisotopic (exact) mass is 275 g/mol. The molecule has 1 fully saturated rings. The second-order valence-electron chi connectivity index (χ2n) is 6.34. The van der Waals surface area contributed by atoms with E-state index in [0.717, 1.165) is 44.7 Å². The maximum absolute atomic E-state index is 10.5. The third-order valence-electron chi connectivity index (χ3n) is 4.73. The van der Waals surface area contributed by atoms with Crippen molar-refractivity contribution in [3.05, 3.63) is 35.9 Å². The van der Waals surface area contributed by atoms with Crippen LogP contribution in [0.4, 0.5) is 0 Å². The summed E-state index contributed by atoms with van der Waals surface area (Å²) in [6.07, 6.45) is 7.84. The van der Waals surface area contributed by atoms with Crippen LogP contribution in [-0.4, -0.2) is 23.8 Å². The lowest BCUT2D eigenvalue weighted by Crippen LogP contribution is -2.43. The highest BCUT2D eigenvalue weighted by atomic mass is 16.3. The highest BCUT2D eigenvalue weighted by Gasteiger charge is 2.31. The minimum absolute atomic E-state index is 0.446. The van der Waals surface area contributed by atoms with E-state index in [0.29, 0.717) is 0 Å². The average Bonchev–Trinajstić information content (AvgIpc) is 2.49. The molecule has 1 aromatic carbocycles. The normalized spacial score (nSPS) is 26.6. The summed E-state index contributed by atoms with van der Waals surface area (Å²) < 4.78 is 0. The van der Waals surface area contributed by atoms with Crippen LogP contribution >= 0.6 is 0 Å². The van der Waals surface area contributed by atoms with E-state index in [-0.39, 0.29) is 0 Å². The summed E-state index contributed by atoms with van der Waals surface area (Å²) in [6, 6.07) is 10.6. The molecular formula is C18H29NO. The third kappa shape index (κ3) is 4.92. The molecular weight excluding hydrogens is 246 g/mol. The number of hydrogen-bond acceptors (Lipinski definition) is 2. The Balaban J connectivity index is 1.59. The van der Waals surface area contributed by atoms with Crippen molar-refractivity contribution in [3.63, 3.8) is 0 Å². The van der Waals surface area contributed by atoms with Crippen molar-refractivity contribution in [2.24, 2.45) is 5.92 Å². The first kappa shape index (κ1) is 15.5. The van der Waals surface area contributed by atoms with E-state index >= 15 is 0 Å². The van der Waals surface area contributed by atoms with E-state index < -0.39 is 5.60 Å². The van der Waals surface area contributed by atoms with Crippen LogP contribution in [0, 0.1) is 5.92 Å². The number of rotatable bonds is 7. The summed E-state index contributed by atoms with van der Waals surface area (Å²) in [5.74, 6) is 0.841. The Morgan fingerprint density at radius 3 is 2.55 bits per heavy atom. The Bertz CT molecular complexity index is 368. The van der Waals surface area contributed by atoms with Crippen molar-refractivity contribution in [1.29, 1.82) is 0 Å². The largest absolute Gasteiger partial charge is 0.389 e. The number of aryl methyl sites for hydroxylation is 1. The van der Waals surface area contributed by atoms with Crippen LogP contribution in [0.5, 0.6) is 0 Å². The Morgan fingerprint density at radius 2 is 1.90 bits per heavy atom. The predicted molar refractivity (Wildman–Crippen MR) is 84.8 cm³/mol. The lowest BCUT2D eigenvalue weighted by atomic mass is 9.78. The highest BCUT2D eigenvalue weighted by Crippen LogP contribution is 2.33. The fourth-order valence-electron chi connectivity index (χ4n) is 3.18. The first-order chi connectivity index (χ1) is 9.72. The summed E-state index contributed by atoms with van der Waals surface area (Å²) in [5, 5.41) is 14.0. The molecule has 1 saturated carbocycles. The minimum atomic E-state index is -0.446. The highest BCUT2D eigenvalue weighted by molar-refractivity contribution is 5.14. The molecule has 2 N–H and O–H groups in total. The molecule has 0 aliphatic heterocycles. The summed E-state index contributed by atoms with van der Waals surface area (Å²) in [6.45, 7) is 4.02. The molecule has 112 valence electrons. The minimum Gasteiger partial charge on any atom is -0.389 e. The number of nitrogens with one attached hydrogen (secondary N) is 1. The Hall–Kier alpha value is -0.860. The second-order valence-corrected chi connectivity index (χ2v) is 6.34. The molecule has 2 heteroatoms. The molecule has 1 aliphatic rings. The number of aliphatic hydroxyl groups is 1. The molecule has 1 aliphatic carbocycles. The van der Waals surface area contributed by atoms with Crippen LogP contribution in [0.1, 0.15) is 51.0 Å². The lowest BCUT2D eigenvalue weighted by molar-refractivity contribution is -0.00844. The molecule has 0 spiro atoms. The van der Waals surface area contributed by atoms with Crippen LogP contribution in [0.15, 0.2) is 30.3 Å².